The lowest BCUT2D eigenvalue weighted by molar-refractivity contribution is 0.246. The summed E-state index contributed by atoms with van der Waals surface area (Å²) >= 11 is 2.23. The molecule has 0 bridgehead atoms. The number of nitrogens with one attached hydrogen (secondary N) is 3. The van der Waals surface area contributed by atoms with Crippen molar-refractivity contribution in [3.8, 4) is 0 Å². The highest BCUT2D eigenvalue weighted by Gasteiger charge is 2.22. The van der Waals surface area contributed by atoms with Crippen LogP contribution in [-0.2, 0) is 0 Å². The SMILES string of the molecule is CN(C)c1cc(NC2CCC(CNC(=O)Nc3ccccc3I)CC2)nc2ccccc12. The third-order valence-corrected chi connectivity index (χ3v) is 6.99. The first-order chi connectivity index (χ1) is 15.5. The number of benzene rings is 2. The van der Waals surface area contributed by atoms with Crippen LogP contribution in [0, 0.1) is 9.49 Å². The minimum Gasteiger partial charge on any atom is -0.377 e. The number of nitrogens with zero attached hydrogens (tertiary/aromatic N) is 2. The van der Waals surface area contributed by atoms with E-state index in [1.54, 1.807) is 0 Å². The van der Waals surface area contributed by atoms with Gasteiger partial charge in [-0.25, -0.2) is 9.78 Å². The van der Waals surface area contributed by atoms with Crippen LogP contribution >= 0.6 is 22.6 Å². The van der Waals surface area contributed by atoms with Gasteiger partial charge in [0.1, 0.15) is 5.82 Å². The zero-order chi connectivity index (χ0) is 22.5. The van der Waals surface area contributed by atoms with Crippen LogP contribution in [0.2, 0.25) is 0 Å². The molecule has 1 aliphatic rings. The van der Waals surface area contributed by atoms with Crippen molar-refractivity contribution in [1.29, 1.82) is 0 Å². The number of anilines is 3. The lowest BCUT2D eigenvalue weighted by Crippen LogP contribution is -2.36. The second-order valence-electron chi connectivity index (χ2n) is 8.62. The average Bonchev–Trinajstić information content (AvgIpc) is 2.79. The van der Waals surface area contributed by atoms with E-state index in [4.69, 9.17) is 4.98 Å². The Morgan fingerprint density at radius 2 is 1.78 bits per heavy atom. The molecule has 7 heteroatoms. The van der Waals surface area contributed by atoms with E-state index in [1.165, 1.54) is 11.1 Å². The number of rotatable bonds is 6. The average molecular weight is 543 g/mol. The van der Waals surface area contributed by atoms with E-state index in [9.17, 15) is 4.79 Å². The second kappa shape index (κ2) is 10.4. The molecule has 168 valence electrons. The Kier molecular flexibility index (Phi) is 7.34. The first kappa shape index (κ1) is 22.6. The van der Waals surface area contributed by atoms with Crippen LogP contribution in [0.3, 0.4) is 0 Å². The largest absolute Gasteiger partial charge is 0.377 e. The van der Waals surface area contributed by atoms with Crippen molar-refractivity contribution in [1.82, 2.24) is 10.3 Å². The van der Waals surface area contributed by atoms with Gasteiger partial charge in [0.25, 0.3) is 0 Å². The van der Waals surface area contributed by atoms with Crippen molar-refractivity contribution in [2.24, 2.45) is 5.92 Å². The molecule has 1 aromatic heterocycles. The van der Waals surface area contributed by atoms with Crippen LogP contribution in [-0.4, -0.2) is 37.7 Å². The highest BCUT2D eigenvalue weighted by Crippen LogP contribution is 2.30. The third kappa shape index (κ3) is 5.62. The Balaban J connectivity index is 1.28. The summed E-state index contributed by atoms with van der Waals surface area (Å²) in [4.78, 5) is 19.2. The zero-order valence-electron chi connectivity index (χ0n) is 18.6. The highest BCUT2D eigenvalue weighted by atomic mass is 127. The maximum atomic E-state index is 12.3. The van der Waals surface area contributed by atoms with E-state index in [2.05, 4.69) is 81.8 Å². The summed E-state index contributed by atoms with van der Waals surface area (Å²) < 4.78 is 1.03. The molecule has 0 saturated heterocycles. The van der Waals surface area contributed by atoms with Gasteiger partial charge in [0, 0.05) is 47.4 Å². The monoisotopic (exact) mass is 543 g/mol. The molecule has 0 spiro atoms. The van der Waals surface area contributed by atoms with Crippen LogP contribution in [0.15, 0.2) is 54.6 Å². The number of amides is 2. The van der Waals surface area contributed by atoms with Crippen molar-refractivity contribution in [3.63, 3.8) is 0 Å². The summed E-state index contributed by atoms with van der Waals surface area (Å²) in [6.45, 7) is 0.709. The Morgan fingerprint density at radius 3 is 2.53 bits per heavy atom. The number of carbonyl (C=O) groups excluding carboxylic acids is 1. The quantitative estimate of drug-likeness (QED) is 0.349. The lowest BCUT2D eigenvalue weighted by Gasteiger charge is -2.30. The molecule has 6 nitrogen and oxygen atoms in total. The number of fused-ring (bicyclic) bond motifs is 1. The first-order valence-corrected chi connectivity index (χ1v) is 12.2. The van der Waals surface area contributed by atoms with E-state index in [0.29, 0.717) is 18.5 Å². The highest BCUT2D eigenvalue weighted by molar-refractivity contribution is 14.1. The number of carbonyl (C=O) groups is 1. The van der Waals surface area contributed by atoms with Crippen LogP contribution in [0.4, 0.5) is 22.0 Å². The molecule has 1 heterocycles. The molecule has 32 heavy (non-hydrogen) atoms. The van der Waals surface area contributed by atoms with Gasteiger partial charge in [0.2, 0.25) is 0 Å². The fourth-order valence-corrected chi connectivity index (χ4v) is 4.81. The molecule has 3 N–H and O–H groups in total. The van der Waals surface area contributed by atoms with E-state index in [1.807, 2.05) is 30.3 Å². The van der Waals surface area contributed by atoms with Gasteiger partial charge in [-0.15, -0.1) is 0 Å². The van der Waals surface area contributed by atoms with Gasteiger partial charge in [-0.3, -0.25) is 0 Å². The van der Waals surface area contributed by atoms with Crippen molar-refractivity contribution < 1.29 is 4.79 Å². The van der Waals surface area contributed by atoms with Crippen LogP contribution in [0.5, 0.6) is 0 Å². The number of para-hydroxylation sites is 2. The van der Waals surface area contributed by atoms with E-state index in [-0.39, 0.29) is 6.03 Å². The molecule has 3 aromatic rings. The van der Waals surface area contributed by atoms with Gasteiger partial charge < -0.3 is 20.9 Å². The molecular formula is C25H30IN5O. The predicted octanol–water partition coefficient (Wildman–Crippen LogP) is 5.70. The molecule has 4 rings (SSSR count). The minimum atomic E-state index is -0.133. The summed E-state index contributed by atoms with van der Waals surface area (Å²) in [5, 5.41) is 10.8. The van der Waals surface area contributed by atoms with E-state index >= 15 is 0 Å². The fraction of sp³-hybridized carbons (Fsp3) is 0.360. The summed E-state index contributed by atoms with van der Waals surface area (Å²) in [6.07, 6.45) is 4.34. The molecule has 1 fully saturated rings. The van der Waals surface area contributed by atoms with Crippen molar-refractivity contribution in [3.05, 3.63) is 58.2 Å². The van der Waals surface area contributed by atoms with Crippen LogP contribution in [0.25, 0.3) is 10.9 Å². The number of halogens is 1. The maximum absolute atomic E-state index is 12.3. The molecule has 0 atom stereocenters. The van der Waals surface area contributed by atoms with Crippen molar-refractivity contribution in [2.45, 2.75) is 31.7 Å². The van der Waals surface area contributed by atoms with Crippen molar-refractivity contribution >= 4 is 56.7 Å². The molecule has 0 unspecified atom stereocenters. The van der Waals surface area contributed by atoms with Gasteiger partial charge in [-0.2, -0.15) is 0 Å². The fourth-order valence-electron chi connectivity index (χ4n) is 4.29. The maximum Gasteiger partial charge on any atom is 0.319 e. The van der Waals surface area contributed by atoms with Crippen molar-refractivity contribution in [2.75, 3.05) is 36.2 Å². The molecule has 0 aliphatic heterocycles. The standard InChI is InChI=1S/C25H30IN5O/c1-31(2)23-15-24(29-21-9-5-3-7-19(21)23)28-18-13-11-17(12-14-18)16-27-25(32)30-22-10-6-4-8-20(22)26/h3-10,15,17-18H,11-14,16H2,1-2H3,(H,28,29)(H2,27,30,32). The Hall–Kier alpha value is -2.55. The Bertz CT molecular complexity index is 1080. The Labute approximate surface area is 203 Å². The third-order valence-electron chi connectivity index (χ3n) is 6.05. The van der Waals surface area contributed by atoms with Gasteiger partial charge in [-0.1, -0.05) is 30.3 Å². The van der Waals surface area contributed by atoms with Crippen LogP contribution in [0.1, 0.15) is 25.7 Å². The van der Waals surface area contributed by atoms with Gasteiger partial charge in [-0.05, 0) is 72.4 Å². The summed E-state index contributed by atoms with van der Waals surface area (Å²) in [5.74, 6) is 1.45. The number of hydrogen-bond donors (Lipinski definition) is 3. The number of hydrogen-bond acceptors (Lipinski definition) is 4. The molecule has 2 amide bonds. The lowest BCUT2D eigenvalue weighted by atomic mass is 9.86. The summed E-state index contributed by atoms with van der Waals surface area (Å²) in [7, 11) is 4.14. The minimum absolute atomic E-state index is 0.133. The number of aromatic nitrogens is 1. The molecule has 0 radical (unpaired) electrons. The number of pyridine rings is 1. The molecule has 2 aromatic carbocycles. The molecule has 1 saturated carbocycles. The Morgan fingerprint density at radius 1 is 1.06 bits per heavy atom. The smallest absolute Gasteiger partial charge is 0.319 e. The molecular weight excluding hydrogens is 513 g/mol. The normalized spacial score (nSPS) is 18.2. The summed E-state index contributed by atoms with van der Waals surface area (Å²) in [5.41, 5.74) is 3.03. The van der Waals surface area contributed by atoms with E-state index in [0.717, 1.165) is 46.3 Å². The topological polar surface area (TPSA) is 69.3 Å². The van der Waals surface area contributed by atoms with E-state index < -0.39 is 0 Å². The predicted molar refractivity (Wildman–Crippen MR) is 142 cm³/mol. The zero-order valence-corrected chi connectivity index (χ0v) is 20.7. The molecule has 1 aliphatic carbocycles. The number of urea groups is 1. The second-order valence-corrected chi connectivity index (χ2v) is 9.78. The van der Waals surface area contributed by atoms with Gasteiger partial charge >= 0.3 is 6.03 Å². The van der Waals surface area contributed by atoms with Gasteiger partial charge in [0.05, 0.1) is 11.2 Å². The van der Waals surface area contributed by atoms with Crippen LogP contribution < -0.4 is 20.9 Å². The van der Waals surface area contributed by atoms with Gasteiger partial charge in [0.15, 0.2) is 0 Å². The first-order valence-electron chi connectivity index (χ1n) is 11.1. The summed E-state index contributed by atoms with van der Waals surface area (Å²) in [6, 6.07) is 18.5.